The lowest BCUT2D eigenvalue weighted by atomic mass is 10.00. The molecule has 2 aromatic carbocycles. The van der Waals surface area contributed by atoms with Crippen LogP contribution < -0.4 is 9.64 Å². The maximum absolute atomic E-state index is 15.2. The van der Waals surface area contributed by atoms with Gasteiger partial charge in [-0.15, -0.1) is 0 Å². The van der Waals surface area contributed by atoms with Crippen LogP contribution in [0.2, 0.25) is 0 Å². The number of carboxylic acids is 1. The Morgan fingerprint density at radius 1 is 1.13 bits per heavy atom. The summed E-state index contributed by atoms with van der Waals surface area (Å²) < 4.78 is 21.0. The number of carboxylic acid groups (broad SMARTS) is 1. The first-order chi connectivity index (χ1) is 18.3. The summed E-state index contributed by atoms with van der Waals surface area (Å²) in [5.41, 5.74) is 4.74. The maximum Gasteiger partial charge on any atom is 0.309 e. The normalized spacial score (nSPS) is 16.3. The molecule has 0 unspecified atom stereocenters. The highest BCUT2D eigenvalue weighted by Gasteiger charge is 2.32. The molecule has 5 rings (SSSR count). The van der Waals surface area contributed by atoms with E-state index >= 15 is 4.39 Å². The van der Waals surface area contributed by atoms with Crippen LogP contribution in [0.25, 0.3) is 11.1 Å². The molecular weight excluding hydrogens is 485 g/mol. The number of rotatable bonds is 7. The minimum atomic E-state index is -0.947. The first-order valence-electron chi connectivity index (χ1n) is 13.1. The summed E-state index contributed by atoms with van der Waals surface area (Å²) >= 11 is 0. The number of ether oxygens (including phenoxy) is 1. The number of pyridine rings is 1. The number of hydrogen-bond acceptors (Lipinski definition) is 5. The predicted molar refractivity (Wildman–Crippen MR) is 143 cm³/mol. The van der Waals surface area contributed by atoms with Crippen LogP contribution in [0, 0.1) is 18.7 Å². The van der Waals surface area contributed by atoms with Crippen LogP contribution in [-0.4, -0.2) is 59.1 Å². The third-order valence-corrected chi connectivity index (χ3v) is 7.48. The highest BCUT2D eigenvalue weighted by molar-refractivity contribution is 5.95. The van der Waals surface area contributed by atoms with E-state index in [1.165, 1.54) is 17.8 Å². The molecular formula is C30H32FN3O4. The Hall–Kier alpha value is -3.94. The number of hydrogen-bond donors (Lipinski definition) is 1. The van der Waals surface area contributed by atoms with Gasteiger partial charge in [0.15, 0.2) is 0 Å². The zero-order chi connectivity index (χ0) is 26.8. The van der Waals surface area contributed by atoms with E-state index in [0.29, 0.717) is 36.0 Å². The Balaban J connectivity index is 1.25. The van der Waals surface area contributed by atoms with Gasteiger partial charge in [-0.05, 0) is 62.1 Å². The molecule has 1 atom stereocenters. The monoisotopic (exact) mass is 517 g/mol. The van der Waals surface area contributed by atoms with E-state index in [4.69, 9.17) is 9.84 Å². The number of aliphatic carboxylic acids is 1. The number of likely N-dealkylation sites (tertiary alicyclic amines) is 1. The number of amides is 1. The van der Waals surface area contributed by atoms with Crippen LogP contribution in [0.5, 0.6) is 5.75 Å². The average molecular weight is 518 g/mol. The molecule has 2 aliphatic rings. The fourth-order valence-electron chi connectivity index (χ4n) is 5.27. The number of carbonyl (C=O) groups is 2. The van der Waals surface area contributed by atoms with Gasteiger partial charge in [0.1, 0.15) is 18.2 Å². The van der Waals surface area contributed by atoms with Crippen LogP contribution in [0.15, 0.2) is 54.7 Å². The minimum absolute atomic E-state index is 0.000481. The summed E-state index contributed by atoms with van der Waals surface area (Å²) in [7, 11) is 0. The largest absolute Gasteiger partial charge is 0.492 e. The molecule has 2 aliphatic heterocycles. The van der Waals surface area contributed by atoms with E-state index in [9.17, 15) is 9.59 Å². The number of aryl methyl sites for hydroxylation is 1. The Bertz CT molecular complexity index is 1350. The van der Waals surface area contributed by atoms with Gasteiger partial charge in [0, 0.05) is 43.9 Å². The van der Waals surface area contributed by atoms with Crippen molar-refractivity contribution < 1.29 is 23.8 Å². The number of piperidine rings is 1. The van der Waals surface area contributed by atoms with Gasteiger partial charge >= 0.3 is 5.97 Å². The van der Waals surface area contributed by atoms with Crippen LogP contribution in [0.4, 0.5) is 10.1 Å². The van der Waals surface area contributed by atoms with Gasteiger partial charge in [-0.3, -0.25) is 14.6 Å². The molecule has 38 heavy (non-hydrogen) atoms. The van der Waals surface area contributed by atoms with Crippen molar-refractivity contribution >= 4 is 17.6 Å². The van der Waals surface area contributed by atoms with E-state index in [0.717, 1.165) is 37.1 Å². The van der Waals surface area contributed by atoms with E-state index < -0.39 is 17.7 Å². The number of carbonyl (C=O) groups excluding carboxylic acids is 1. The Labute approximate surface area is 221 Å². The second-order valence-electron chi connectivity index (χ2n) is 10.2. The third kappa shape index (κ3) is 5.21. The van der Waals surface area contributed by atoms with Crippen molar-refractivity contribution in [2.75, 3.05) is 31.1 Å². The number of aromatic nitrogens is 1. The van der Waals surface area contributed by atoms with Gasteiger partial charge in [-0.25, -0.2) is 4.39 Å². The zero-order valence-electron chi connectivity index (χ0n) is 21.7. The second kappa shape index (κ2) is 10.8. The van der Waals surface area contributed by atoms with E-state index in [1.54, 1.807) is 42.2 Å². The highest BCUT2D eigenvalue weighted by Crippen LogP contribution is 2.34. The molecule has 0 radical (unpaired) electrons. The SMILES string of the molecule is Cc1cnc2c(c1)N(C1CCN(C(=O)c3ccc(-c4ccccc4OC[C@H](C)C(=O)O)cc3F)CC1)CC2. The number of nitrogens with zero attached hydrogens (tertiary/aromatic N) is 3. The van der Waals surface area contributed by atoms with E-state index in [2.05, 4.69) is 22.9 Å². The predicted octanol–water partition coefficient (Wildman–Crippen LogP) is 4.96. The molecule has 1 saturated heterocycles. The zero-order valence-corrected chi connectivity index (χ0v) is 21.7. The first kappa shape index (κ1) is 25.7. The Kier molecular flexibility index (Phi) is 7.31. The summed E-state index contributed by atoms with van der Waals surface area (Å²) in [6, 6.07) is 14.2. The second-order valence-corrected chi connectivity index (χ2v) is 10.2. The van der Waals surface area contributed by atoms with Crippen molar-refractivity contribution in [3.8, 4) is 16.9 Å². The van der Waals surface area contributed by atoms with Gasteiger partial charge < -0.3 is 19.6 Å². The number of para-hydroxylation sites is 1. The molecule has 0 spiro atoms. The van der Waals surface area contributed by atoms with Gasteiger partial charge in [0.2, 0.25) is 0 Å². The molecule has 7 nitrogen and oxygen atoms in total. The Morgan fingerprint density at radius 3 is 2.63 bits per heavy atom. The number of fused-ring (bicyclic) bond motifs is 1. The molecule has 1 fully saturated rings. The number of benzene rings is 2. The van der Waals surface area contributed by atoms with Gasteiger partial charge in [-0.1, -0.05) is 24.3 Å². The topological polar surface area (TPSA) is 83.0 Å². The standard InChI is InChI=1S/C30H32FN3O4/c1-19-15-27-26(32-17-19)11-14-34(27)22-9-12-33(13-10-22)29(35)24-8-7-21(16-25(24)31)23-5-3-4-6-28(23)38-18-20(2)30(36)37/h3-8,15-17,20,22H,9-14,18H2,1-2H3,(H,36,37)/t20-/m0/s1. The average Bonchev–Trinajstić information content (AvgIpc) is 3.34. The molecule has 1 amide bonds. The molecule has 0 bridgehead atoms. The molecule has 3 aromatic rings. The van der Waals surface area contributed by atoms with E-state index in [1.807, 2.05) is 6.20 Å². The fraction of sp³-hybridized carbons (Fsp3) is 0.367. The molecule has 1 N–H and O–H groups in total. The molecule has 1 aromatic heterocycles. The van der Waals surface area contributed by atoms with Crippen LogP contribution in [0.3, 0.4) is 0 Å². The third-order valence-electron chi connectivity index (χ3n) is 7.48. The summed E-state index contributed by atoms with van der Waals surface area (Å²) in [5, 5.41) is 9.12. The van der Waals surface area contributed by atoms with Gasteiger partial charge in [0.05, 0.1) is 22.9 Å². The fourth-order valence-corrected chi connectivity index (χ4v) is 5.27. The van der Waals surface area contributed by atoms with Crippen LogP contribution >= 0.6 is 0 Å². The quantitative estimate of drug-likeness (QED) is 0.477. The lowest BCUT2D eigenvalue weighted by Crippen LogP contribution is -2.46. The lowest BCUT2D eigenvalue weighted by Gasteiger charge is -2.38. The van der Waals surface area contributed by atoms with E-state index in [-0.39, 0.29) is 18.1 Å². The first-order valence-corrected chi connectivity index (χ1v) is 13.1. The van der Waals surface area contributed by atoms with Crippen LogP contribution in [-0.2, 0) is 11.2 Å². The van der Waals surface area contributed by atoms with Crippen LogP contribution in [0.1, 0.15) is 41.4 Å². The molecule has 198 valence electrons. The smallest absolute Gasteiger partial charge is 0.309 e. The lowest BCUT2D eigenvalue weighted by molar-refractivity contribution is -0.142. The number of halogens is 1. The van der Waals surface area contributed by atoms with Gasteiger partial charge in [0.25, 0.3) is 5.91 Å². The highest BCUT2D eigenvalue weighted by atomic mass is 19.1. The van der Waals surface area contributed by atoms with Crippen molar-refractivity contribution in [1.82, 2.24) is 9.88 Å². The summed E-state index contributed by atoms with van der Waals surface area (Å²) in [6.07, 6.45) is 4.52. The maximum atomic E-state index is 15.2. The summed E-state index contributed by atoms with van der Waals surface area (Å²) in [5.74, 6) is -2.04. The van der Waals surface area contributed by atoms with Crippen molar-refractivity contribution in [1.29, 1.82) is 0 Å². The van der Waals surface area contributed by atoms with Crippen molar-refractivity contribution in [3.63, 3.8) is 0 Å². The van der Waals surface area contributed by atoms with Crippen molar-refractivity contribution in [2.45, 2.75) is 39.2 Å². The van der Waals surface area contributed by atoms with Crippen molar-refractivity contribution in [2.24, 2.45) is 5.92 Å². The molecule has 0 aliphatic carbocycles. The molecule has 8 heteroatoms. The summed E-state index contributed by atoms with van der Waals surface area (Å²) in [4.78, 5) is 33.1. The Morgan fingerprint density at radius 2 is 1.89 bits per heavy atom. The molecule has 0 saturated carbocycles. The summed E-state index contributed by atoms with van der Waals surface area (Å²) in [6.45, 7) is 5.72. The van der Waals surface area contributed by atoms with Gasteiger partial charge in [-0.2, -0.15) is 0 Å². The minimum Gasteiger partial charge on any atom is -0.492 e. The number of anilines is 1. The molecule has 3 heterocycles. The van der Waals surface area contributed by atoms with Crippen molar-refractivity contribution in [3.05, 3.63) is 77.4 Å².